The van der Waals surface area contributed by atoms with E-state index in [1.165, 1.54) is 12.1 Å². The highest BCUT2D eigenvalue weighted by Gasteiger charge is 2.22. The Bertz CT molecular complexity index is 433. The topological polar surface area (TPSA) is 46.3 Å². The standard InChI is InChI=1S/C13H17FN2O/c1-9-7-10(4-5-12(9)14)13(17)16-6-2-3-11(15)8-16/h4-5,7,11H,2-3,6,8,15H2,1H3. The summed E-state index contributed by atoms with van der Waals surface area (Å²) in [5.74, 6) is -0.333. The molecule has 1 fully saturated rings. The molecule has 1 saturated heterocycles. The van der Waals surface area contributed by atoms with Gasteiger partial charge in [0.25, 0.3) is 5.91 Å². The van der Waals surface area contributed by atoms with E-state index in [4.69, 9.17) is 5.73 Å². The van der Waals surface area contributed by atoms with Crippen LogP contribution in [-0.4, -0.2) is 29.9 Å². The predicted octanol–water partition coefficient (Wildman–Crippen LogP) is 1.70. The van der Waals surface area contributed by atoms with Gasteiger partial charge in [-0.15, -0.1) is 0 Å². The molecule has 1 heterocycles. The Morgan fingerprint density at radius 2 is 2.29 bits per heavy atom. The minimum absolute atomic E-state index is 0.0525. The van der Waals surface area contributed by atoms with E-state index < -0.39 is 0 Å². The number of piperidine rings is 1. The van der Waals surface area contributed by atoms with E-state index in [1.54, 1.807) is 17.9 Å². The second-order valence-electron chi connectivity index (χ2n) is 4.62. The molecule has 2 rings (SSSR count). The van der Waals surface area contributed by atoms with Crippen molar-refractivity contribution in [3.05, 3.63) is 35.1 Å². The van der Waals surface area contributed by atoms with Crippen molar-refractivity contribution in [1.82, 2.24) is 4.90 Å². The van der Waals surface area contributed by atoms with Crippen molar-refractivity contribution < 1.29 is 9.18 Å². The van der Waals surface area contributed by atoms with Gasteiger partial charge in [0.05, 0.1) is 0 Å². The average molecular weight is 236 g/mol. The SMILES string of the molecule is Cc1cc(C(=O)N2CCCC(N)C2)ccc1F. The number of benzene rings is 1. The fourth-order valence-corrected chi connectivity index (χ4v) is 2.15. The van der Waals surface area contributed by atoms with Gasteiger partial charge in [0.15, 0.2) is 0 Å². The first-order chi connectivity index (χ1) is 8.08. The third-order valence-corrected chi connectivity index (χ3v) is 3.15. The monoisotopic (exact) mass is 236 g/mol. The Morgan fingerprint density at radius 3 is 2.94 bits per heavy atom. The number of nitrogens with two attached hydrogens (primary N) is 1. The molecule has 0 saturated carbocycles. The zero-order chi connectivity index (χ0) is 12.4. The van der Waals surface area contributed by atoms with Crippen LogP contribution >= 0.6 is 0 Å². The minimum atomic E-state index is -0.281. The second kappa shape index (κ2) is 4.84. The molecule has 1 amide bonds. The number of rotatable bonds is 1. The summed E-state index contributed by atoms with van der Waals surface area (Å²) >= 11 is 0. The lowest BCUT2D eigenvalue weighted by Gasteiger charge is -2.30. The normalized spacial score (nSPS) is 20.4. The maximum atomic E-state index is 13.1. The van der Waals surface area contributed by atoms with Crippen molar-refractivity contribution in [2.45, 2.75) is 25.8 Å². The Balaban J connectivity index is 2.15. The number of amides is 1. The first-order valence-corrected chi connectivity index (χ1v) is 5.89. The molecule has 0 radical (unpaired) electrons. The third kappa shape index (κ3) is 2.64. The van der Waals surface area contributed by atoms with Gasteiger partial charge in [0, 0.05) is 24.7 Å². The van der Waals surface area contributed by atoms with Gasteiger partial charge < -0.3 is 10.6 Å². The van der Waals surface area contributed by atoms with Crippen LogP contribution in [0.1, 0.15) is 28.8 Å². The fraction of sp³-hybridized carbons (Fsp3) is 0.462. The number of likely N-dealkylation sites (tertiary alicyclic amines) is 1. The van der Waals surface area contributed by atoms with Crippen molar-refractivity contribution in [2.24, 2.45) is 5.73 Å². The lowest BCUT2D eigenvalue weighted by molar-refractivity contribution is 0.0708. The van der Waals surface area contributed by atoms with E-state index in [2.05, 4.69) is 0 Å². The Morgan fingerprint density at radius 1 is 1.53 bits per heavy atom. The molecule has 3 nitrogen and oxygen atoms in total. The highest BCUT2D eigenvalue weighted by molar-refractivity contribution is 5.94. The first kappa shape index (κ1) is 12.0. The van der Waals surface area contributed by atoms with Gasteiger partial charge in [-0.1, -0.05) is 0 Å². The quantitative estimate of drug-likeness (QED) is 0.806. The number of aryl methyl sites for hydroxylation is 1. The van der Waals surface area contributed by atoms with Crippen molar-refractivity contribution in [2.75, 3.05) is 13.1 Å². The van der Waals surface area contributed by atoms with E-state index in [9.17, 15) is 9.18 Å². The molecule has 0 spiro atoms. The Kier molecular flexibility index (Phi) is 3.43. The Labute approximate surface area is 100 Å². The molecule has 1 aromatic carbocycles. The summed E-state index contributed by atoms with van der Waals surface area (Å²) in [6, 6.07) is 4.53. The maximum Gasteiger partial charge on any atom is 0.253 e. The molecule has 1 atom stereocenters. The van der Waals surface area contributed by atoms with Crippen molar-refractivity contribution >= 4 is 5.91 Å². The van der Waals surface area contributed by atoms with Crippen LogP contribution in [0.2, 0.25) is 0 Å². The number of hydrogen-bond donors (Lipinski definition) is 1. The fourth-order valence-electron chi connectivity index (χ4n) is 2.15. The van der Waals surface area contributed by atoms with Crippen LogP contribution in [0.25, 0.3) is 0 Å². The van der Waals surface area contributed by atoms with Crippen LogP contribution in [0.3, 0.4) is 0 Å². The van der Waals surface area contributed by atoms with Gasteiger partial charge >= 0.3 is 0 Å². The maximum absolute atomic E-state index is 13.1. The molecule has 1 aliphatic heterocycles. The van der Waals surface area contributed by atoms with E-state index in [1.807, 2.05) is 0 Å². The molecule has 1 aliphatic rings. The molecule has 0 aliphatic carbocycles. The van der Waals surface area contributed by atoms with E-state index in [0.29, 0.717) is 17.7 Å². The van der Waals surface area contributed by atoms with Crippen molar-refractivity contribution in [3.8, 4) is 0 Å². The lowest BCUT2D eigenvalue weighted by atomic mass is 10.0. The van der Waals surface area contributed by atoms with Crippen LogP contribution in [-0.2, 0) is 0 Å². The molecule has 92 valence electrons. The van der Waals surface area contributed by atoms with Crippen molar-refractivity contribution in [1.29, 1.82) is 0 Å². The van der Waals surface area contributed by atoms with Gasteiger partial charge in [0.2, 0.25) is 0 Å². The molecule has 2 N–H and O–H groups in total. The average Bonchev–Trinajstić information content (AvgIpc) is 2.32. The summed E-state index contributed by atoms with van der Waals surface area (Å²) in [6.45, 7) is 2.99. The number of nitrogens with zero attached hydrogens (tertiary/aromatic N) is 1. The van der Waals surface area contributed by atoms with E-state index >= 15 is 0 Å². The highest BCUT2D eigenvalue weighted by atomic mass is 19.1. The molecule has 0 bridgehead atoms. The van der Waals surface area contributed by atoms with Gasteiger partial charge in [-0.3, -0.25) is 4.79 Å². The largest absolute Gasteiger partial charge is 0.337 e. The molecule has 4 heteroatoms. The van der Waals surface area contributed by atoms with Gasteiger partial charge in [-0.25, -0.2) is 4.39 Å². The van der Waals surface area contributed by atoms with Crippen LogP contribution in [0.5, 0.6) is 0 Å². The van der Waals surface area contributed by atoms with E-state index in [-0.39, 0.29) is 17.8 Å². The summed E-state index contributed by atoms with van der Waals surface area (Å²) in [5.41, 5.74) is 6.88. The van der Waals surface area contributed by atoms with Crippen molar-refractivity contribution in [3.63, 3.8) is 0 Å². The van der Waals surface area contributed by atoms with Gasteiger partial charge in [0.1, 0.15) is 5.82 Å². The third-order valence-electron chi connectivity index (χ3n) is 3.15. The van der Waals surface area contributed by atoms with Gasteiger partial charge in [-0.05, 0) is 43.5 Å². The summed E-state index contributed by atoms with van der Waals surface area (Å²) < 4.78 is 13.1. The molecule has 1 aromatic rings. The van der Waals surface area contributed by atoms with Gasteiger partial charge in [-0.2, -0.15) is 0 Å². The molecule has 0 aromatic heterocycles. The summed E-state index contributed by atoms with van der Waals surface area (Å²) in [6.07, 6.45) is 1.90. The highest BCUT2D eigenvalue weighted by Crippen LogP contribution is 2.15. The Hall–Kier alpha value is -1.42. The number of carbonyl (C=O) groups excluding carboxylic acids is 1. The first-order valence-electron chi connectivity index (χ1n) is 5.89. The summed E-state index contributed by atoms with van der Waals surface area (Å²) in [7, 11) is 0. The number of hydrogen-bond acceptors (Lipinski definition) is 2. The smallest absolute Gasteiger partial charge is 0.253 e. The molecule has 1 unspecified atom stereocenters. The zero-order valence-corrected chi connectivity index (χ0v) is 9.95. The summed E-state index contributed by atoms with van der Waals surface area (Å²) in [5, 5.41) is 0. The van der Waals surface area contributed by atoms with Crippen LogP contribution < -0.4 is 5.73 Å². The minimum Gasteiger partial charge on any atom is -0.337 e. The lowest BCUT2D eigenvalue weighted by Crippen LogP contribution is -2.45. The molecular formula is C13H17FN2O. The zero-order valence-electron chi connectivity index (χ0n) is 9.95. The summed E-state index contributed by atoms with van der Waals surface area (Å²) in [4.78, 5) is 13.9. The van der Waals surface area contributed by atoms with Crippen LogP contribution in [0.4, 0.5) is 4.39 Å². The molecule has 17 heavy (non-hydrogen) atoms. The predicted molar refractivity (Wildman–Crippen MR) is 64.2 cm³/mol. The van der Waals surface area contributed by atoms with Crippen LogP contribution in [0.15, 0.2) is 18.2 Å². The van der Waals surface area contributed by atoms with Crippen LogP contribution in [0, 0.1) is 12.7 Å². The number of halogens is 1. The second-order valence-corrected chi connectivity index (χ2v) is 4.62. The molecular weight excluding hydrogens is 219 g/mol. The van der Waals surface area contributed by atoms with E-state index in [0.717, 1.165) is 19.4 Å². The number of carbonyl (C=O) groups is 1.